The van der Waals surface area contributed by atoms with E-state index in [1.807, 2.05) is 12.1 Å². The summed E-state index contributed by atoms with van der Waals surface area (Å²) in [6, 6.07) is 10.1. The van der Waals surface area contributed by atoms with Crippen molar-refractivity contribution in [2.24, 2.45) is 0 Å². The van der Waals surface area contributed by atoms with Crippen molar-refractivity contribution in [1.82, 2.24) is 5.32 Å². The molecule has 0 bridgehead atoms. The van der Waals surface area contributed by atoms with Crippen molar-refractivity contribution in [3.63, 3.8) is 0 Å². The van der Waals surface area contributed by atoms with E-state index in [-0.39, 0.29) is 11.5 Å². The van der Waals surface area contributed by atoms with E-state index in [2.05, 4.69) is 5.32 Å². The van der Waals surface area contributed by atoms with Gasteiger partial charge >= 0.3 is 5.97 Å². The highest BCUT2D eigenvalue weighted by atomic mass is 32.2. The van der Waals surface area contributed by atoms with E-state index in [0.717, 1.165) is 5.56 Å². The quantitative estimate of drug-likeness (QED) is 0.654. The lowest BCUT2D eigenvalue weighted by Gasteiger charge is -1.98. The first kappa shape index (κ1) is 15.5. The van der Waals surface area contributed by atoms with Crippen molar-refractivity contribution in [2.75, 3.05) is 0 Å². The molecule has 23 heavy (non-hydrogen) atoms. The average Bonchev–Trinajstić information content (AvgIpc) is 3.11. The van der Waals surface area contributed by atoms with Crippen LogP contribution in [0.2, 0.25) is 0 Å². The predicted molar refractivity (Wildman–Crippen MR) is 91.2 cm³/mol. The van der Waals surface area contributed by atoms with Crippen LogP contribution in [-0.4, -0.2) is 21.3 Å². The lowest BCUT2D eigenvalue weighted by atomic mass is 10.1. The highest BCUT2D eigenvalue weighted by molar-refractivity contribution is 8.26. The van der Waals surface area contributed by atoms with Gasteiger partial charge in [-0.2, -0.15) is 0 Å². The van der Waals surface area contributed by atoms with E-state index in [1.54, 1.807) is 18.2 Å². The Morgan fingerprint density at radius 1 is 1.26 bits per heavy atom. The molecule has 0 spiro atoms. The molecule has 1 aliphatic rings. The van der Waals surface area contributed by atoms with Crippen LogP contribution < -0.4 is 5.32 Å². The summed E-state index contributed by atoms with van der Waals surface area (Å²) >= 11 is 6.16. The Kier molecular flexibility index (Phi) is 4.31. The molecule has 1 aliphatic heterocycles. The fraction of sp³-hybridized carbons (Fsp3) is 0.0625. The number of nitrogens with one attached hydrogen (secondary N) is 1. The minimum Gasteiger partial charge on any atom is -0.478 e. The first-order valence-corrected chi connectivity index (χ1v) is 7.91. The zero-order chi connectivity index (χ0) is 16.4. The summed E-state index contributed by atoms with van der Waals surface area (Å²) in [4.78, 5) is 23.0. The zero-order valence-corrected chi connectivity index (χ0v) is 13.4. The summed E-state index contributed by atoms with van der Waals surface area (Å²) in [7, 11) is 0. The smallest absolute Gasteiger partial charge is 0.335 e. The predicted octanol–water partition coefficient (Wildman–Crippen LogP) is 3.22. The fourth-order valence-corrected chi connectivity index (χ4v) is 3.09. The lowest BCUT2D eigenvalue weighted by molar-refractivity contribution is -0.115. The molecule has 1 saturated heterocycles. The number of hydrogen-bond acceptors (Lipinski definition) is 5. The topological polar surface area (TPSA) is 79.5 Å². The Morgan fingerprint density at radius 3 is 2.61 bits per heavy atom. The molecule has 1 fully saturated rings. The van der Waals surface area contributed by atoms with Gasteiger partial charge < -0.3 is 14.8 Å². The maximum atomic E-state index is 11.6. The van der Waals surface area contributed by atoms with Crippen LogP contribution in [0.5, 0.6) is 0 Å². The molecule has 0 atom stereocenters. The van der Waals surface area contributed by atoms with Gasteiger partial charge in [0.1, 0.15) is 15.8 Å². The number of aromatic carboxylic acids is 1. The van der Waals surface area contributed by atoms with Gasteiger partial charge in [0.05, 0.1) is 10.5 Å². The van der Waals surface area contributed by atoms with Gasteiger partial charge in [-0.3, -0.25) is 4.79 Å². The van der Waals surface area contributed by atoms with Gasteiger partial charge in [0.25, 0.3) is 5.91 Å². The molecule has 1 aromatic carbocycles. The Hall–Kier alpha value is -2.38. The van der Waals surface area contributed by atoms with E-state index < -0.39 is 5.97 Å². The van der Waals surface area contributed by atoms with Gasteiger partial charge in [-0.1, -0.05) is 42.2 Å². The number of thiocarbonyl (C=S) groups is 1. The number of allylic oxidation sites excluding steroid dienone is 1. The minimum atomic E-state index is -0.964. The van der Waals surface area contributed by atoms with Crippen LogP contribution in [-0.2, 0) is 11.2 Å². The van der Waals surface area contributed by atoms with Crippen molar-refractivity contribution in [3.8, 4) is 11.3 Å². The standard InChI is InChI=1S/C16H11NO4S2/c18-14-13(23-16(22)17-14)8-6-11-5-7-12(21-11)9-1-3-10(4-2-9)15(19)20/h1-5,7-8H,6H2,(H,19,20)(H,17,18,22)/b13-8+. The number of amides is 1. The SMILES string of the molecule is O=C1NC(=S)S/C1=C/Cc1ccc(-c2ccc(C(=O)O)cc2)o1. The van der Waals surface area contributed by atoms with Crippen LogP contribution in [0.4, 0.5) is 0 Å². The van der Waals surface area contributed by atoms with Crippen molar-refractivity contribution in [2.45, 2.75) is 6.42 Å². The molecular weight excluding hydrogens is 334 g/mol. The maximum Gasteiger partial charge on any atom is 0.335 e. The molecule has 0 radical (unpaired) electrons. The summed E-state index contributed by atoms with van der Waals surface area (Å²) in [6.45, 7) is 0. The largest absolute Gasteiger partial charge is 0.478 e. The summed E-state index contributed by atoms with van der Waals surface area (Å²) in [5.41, 5.74) is 1.02. The van der Waals surface area contributed by atoms with Gasteiger partial charge in [0.2, 0.25) is 0 Å². The Labute approximate surface area is 141 Å². The van der Waals surface area contributed by atoms with Gasteiger partial charge in [0.15, 0.2) is 0 Å². The number of carbonyl (C=O) groups excluding carboxylic acids is 1. The molecule has 1 aromatic heterocycles. The number of furan rings is 1. The number of hydrogen-bond donors (Lipinski definition) is 2. The van der Waals surface area contributed by atoms with Crippen LogP contribution in [0.15, 0.2) is 51.8 Å². The van der Waals surface area contributed by atoms with Gasteiger partial charge in [0, 0.05) is 12.0 Å². The van der Waals surface area contributed by atoms with E-state index in [1.165, 1.54) is 23.9 Å². The number of carbonyl (C=O) groups is 2. The van der Waals surface area contributed by atoms with Crippen LogP contribution in [0.1, 0.15) is 16.1 Å². The first-order valence-electron chi connectivity index (χ1n) is 6.69. The van der Waals surface area contributed by atoms with Crippen molar-refractivity contribution < 1.29 is 19.1 Å². The summed E-state index contributed by atoms with van der Waals surface area (Å²) in [6.07, 6.45) is 2.25. The highest BCUT2D eigenvalue weighted by Gasteiger charge is 2.21. The number of carboxylic acid groups (broad SMARTS) is 1. The van der Waals surface area contributed by atoms with Crippen LogP contribution >= 0.6 is 24.0 Å². The third-order valence-electron chi connectivity index (χ3n) is 3.21. The number of carboxylic acids is 1. The van der Waals surface area contributed by atoms with E-state index in [0.29, 0.717) is 27.2 Å². The third kappa shape index (κ3) is 3.52. The monoisotopic (exact) mass is 345 g/mol. The van der Waals surface area contributed by atoms with E-state index in [4.69, 9.17) is 21.7 Å². The first-order chi connectivity index (χ1) is 11.0. The second-order valence-electron chi connectivity index (χ2n) is 4.76. The molecule has 1 amide bonds. The van der Waals surface area contributed by atoms with Crippen molar-refractivity contribution in [1.29, 1.82) is 0 Å². The van der Waals surface area contributed by atoms with Crippen LogP contribution in [0, 0.1) is 0 Å². The molecule has 3 rings (SSSR count). The Bertz CT molecular complexity index is 821. The molecule has 0 unspecified atom stereocenters. The summed E-state index contributed by atoms with van der Waals surface area (Å²) in [5, 5.41) is 11.4. The van der Waals surface area contributed by atoms with Crippen molar-refractivity contribution in [3.05, 3.63) is 58.7 Å². The molecule has 2 aromatic rings. The van der Waals surface area contributed by atoms with Gasteiger partial charge in [-0.15, -0.1) is 0 Å². The maximum absolute atomic E-state index is 11.6. The normalized spacial score (nSPS) is 15.9. The van der Waals surface area contributed by atoms with Crippen LogP contribution in [0.25, 0.3) is 11.3 Å². The van der Waals surface area contributed by atoms with Gasteiger partial charge in [-0.05, 0) is 24.3 Å². The second-order valence-corrected chi connectivity index (χ2v) is 6.48. The molecule has 7 heteroatoms. The third-order valence-corrected chi connectivity index (χ3v) is 4.42. The average molecular weight is 345 g/mol. The molecule has 2 heterocycles. The zero-order valence-electron chi connectivity index (χ0n) is 11.7. The van der Waals surface area contributed by atoms with E-state index >= 15 is 0 Å². The van der Waals surface area contributed by atoms with Gasteiger partial charge in [-0.25, -0.2) is 4.79 Å². The molecule has 0 saturated carbocycles. The van der Waals surface area contributed by atoms with Crippen molar-refractivity contribution >= 4 is 40.2 Å². The highest BCUT2D eigenvalue weighted by Crippen LogP contribution is 2.26. The number of rotatable bonds is 4. The number of thioether (sulfide) groups is 1. The molecular formula is C16H11NO4S2. The van der Waals surface area contributed by atoms with Crippen LogP contribution in [0.3, 0.4) is 0 Å². The molecule has 0 aliphatic carbocycles. The summed E-state index contributed by atoms with van der Waals surface area (Å²) < 4.78 is 6.18. The Morgan fingerprint density at radius 2 is 2.00 bits per heavy atom. The second kappa shape index (κ2) is 6.39. The number of benzene rings is 1. The molecule has 5 nitrogen and oxygen atoms in total. The Balaban J connectivity index is 1.73. The summed E-state index contributed by atoms with van der Waals surface area (Å²) in [5.74, 6) is 0.208. The minimum absolute atomic E-state index is 0.184. The lowest BCUT2D eigenvalue weighted by Crippen LogP contribution is -2.17. The fourth-order valence-electron chi connectivity index (χ4n) is 2.07. The molecule has 2 N–H and O–H groups in total. The van der Waals surface area contributed by atoms with E-state index in [9.17, 15) is 9.59 Å². The molecule has 116 valence electrons.